The number of carbonyl (C=O) groups is 2. The highest BCUT2D eigenvalue weighted by Gasteiger charge is 2.22. The van der Waals surface area contributed by atoms with E-state index in [9.17, 15) is 18.0 Å². The predicted octanol–water partition coefficient (Wildman–Crippen LogP) is 3.78. The molecule has 1 N–H and O–H groups in total. The quantitative estimate of drug-likeness (QED) is 0.372. The van der Waals surface area contributed by atoms with Crippen LogP contribution in [0.25, 0.3) is 0 Å². The number of sulfonamides is 1. The lowest BCUT2D eigenvalue weighted by molar-refractivity contribution is -0.134. The first kappa shape index (κ1) is 25.0. The van der Waals surface area contributed by atoms with Crippen molar-refractivity contribution in [1.29, 1.82) is 0 Å². The summed E-state index contributed by atoms with van der Waals surface area (Å²) in [5.74, 6) is -0.374. The summed E-state index contributed by atoms with van der Waals surface area (Å²) in [6.07, 6.45) is 0.263. The predicted molar refractivity (Wildman–Crippen MR) is 131 cm³/mol. The van der Waals surface area contributed by atoms with Crippen LogP contribution >= 0.6 is 0 Å². The summed E-state index contributed by atoms with van der Waals surface area (Å²) in [5, 5.41) is 2.70. The lowest BCUT2D eigenvalue weighted by Crippen LogP contribution is -2.28. The molecule has 0 unspecified atom stereocenters. The van der Waals surface area contributed by atoms with E-state index in [1.165, 1.54) is 23.5 Å². The number of aryl methyl sites for hydroxylation is 2. The number of nitrogens with zero attached hydrogens (tertiary/aromatic N) is 1. The van der Waals surface area contributed by atoms with Crippen molar-refractivity contribution in [3.8, 4) is 5.75 Å². The van der Waals surface area contributed by atoms with Gasteiger partial charge in [0.05, 0.1) is 23.4 Å². The molecule has 0 heterocycles. The van der Waals surface area contributed by atoms with E-state index >= 15 is 0 Å². The molecule has 178 valence electrons. The Hall–Kier alpha value is -3.65. The van der Waals surface area contributed by atoms with Gasteiger partial charge in [-0.3, -0.25) is 13.9 Å². The summed E-state index contributed by atoms with van der Waals surface area (Å²) in [6, 6.07) is 20.6. The molecule has 0 bridgehead atoms. The molecule has 3 rings (SSSR count). The molecule has 1 amide bonds. The van der Waals surface area contributed by atoms with Crippen LogP contribution in [-0.2, 0) is 26.0 Å². The Morgan fingerprint density at radius 2 is 1.59 bits per heavy atom. The Balaban J connectivity index is 1.52. The number of anilines is 1. The van der Waals surface area contributed by atoms with Gasteiger partial charge in [-0.05, 0) is 66.9 Å². The Morgan fingerprint density at radius 3 is 2.24 bits per heavy atom. The minimum absolute atomic E-state index is 0.0172. The van der Waals surface area contributed by atoms with Gasteiger partial charge in [-0.15, -0.1) is 0 Å². The van der Waals surface area contributed by atoms with Gasteiger partial charge in [-0.25, -0.2) is 8.42 Å². The second kappa shape index (κ2) is 11.0. The van der Waals surface area contributed by atoms with Crippen LogP contribution in [0.2, 0.25) is 0 Å². The largest absolute Gasteiger partial charge is 0.426 e. The molecule has 0 saturated carbocycles. The summed E-state index contributed by atoms with van der Waals surface area (Å²) in [7, 11) is -2.25. The molecule has 0 aliphatic rings. The standard InChI is InChI=1S/C26H28N2O5S/c1-19-9-14-24(17-20(19)2)34(31,32)28(3)22-10-12-23(13-11-22)33-26(30)15-16-27-25(29)18-21-7-5-4-6-8-21/h4-14,17H,15-16,18H2,1-3H3,(H,27,29). The first-order chi connectivity index (χ1) is 16.2. The lowest BCUT2D eigenvalue weighted by atomic mass is 10.1. The minimum atomic E-state index is -3.72. The molecule has 0 aromatic heterocycles. The van der Waals surface area contributed by atoms with Crippen LogP contribution < -0.4 is 14.4 Å². The third-order valence-corrected chi connectivity index (χ3v) is 7.21. The Morgan fingerprint density at radius 1 is 0.912 bits per heavy atom. The fourth-order valence-corrected chi connectivity index (χ4v) is 4.51. The number of ether oxygens (including phenoxy) is 1. The van der Waals surface area contributed by atoms with Crippen molar-refractivity contribution in [2.45, 2.75) is 31.6 Å². The maximum atomic E-state index is 13.0. The summed E-state index contributed by atoms with van der Waals surface area (Å²) in [5.41, 5.74) is 3.25. The van der Waals surface area contributed by atoms with Crippen molar-refractivity contribution in [1.82, 2.24) is 5.32 Å². The van der Waals surface area contributed by atoms with Crippen LogP contribution in [-0.4, -0.2) is 33.9 Å². The summed E-state index contributed by atoms with van der Waals surface area (Å²) >= 11 is 0. The second-order valence-electron chi connectivity index (χ2n) is 7.95. The van der Waals surface area contributed by atoms with Gasteiger partial charge in [0.15, 0.2) is 0 Å². The van der Waals surface area contributed by atoms with Gasteiger partial charge >= 0.3 is 5.97 Å². The first-order valence-electron chi connectivity index (χ1n) is 10.8. The van der Waals surface area contributed by atoms with Crippen molar-refractivity contribution in [3.63, 3.8) is 0 Å². The van der Waals surface area contributed by atoms with Crippen molar-refractivity contribution < 1.29 is 22.7 Å². The molecule has 34 heavy (non-hydrogen) atoms. The lowest BCUT2D eigenvalue weighted by Gasteiger charge is -2.20. The van der Waals surface area contributed by atoms with E-state index in [-0.39, 0.29) is 30.2 Å². The molecular weight excluding hydrogens is 452 g/mol. The Bertz CT molecular complexity index is 1260. The van der Waals surface area contributed by atoms with E-state index < -0.39 is 16.0 Å². The number of nitrogens with one attached hydrogen (secondary N) is 1. The Labute approximate surface area is 200 Å². The smallest absolute Gasteiger partial charge is 0.312 e. The van der Waals surface area contributed by atoms with Crippen LogP contribution in [0.15, 0.2) is 77.7 Å². The number of benzene rings is 3. The van der Waals surface area contributed by atoms with Gasteiger partial charge in [0.25, 0.3) is 10.0 Å². The van der Waals surface area contributed by atoms with Crippen LogP contribution in [0.5, 0.6) is 5.75 Å². The highest BCUT2D eigenvalue weighted by molar-refractivity contribution is 7.92. The normalized spacial score (nSPS) is 11.0. The monoisotopic (exact) mass is 480 g/mol. The van der Waals surface area contributed by atoms with E-state index in [0.717, 1.165) is 16.7 Å². The molecule has 8 heteroatoms. The number of hydrogen-bond donors (Lipinski definition) is 1. The highest BCUT2D eigenvalue weighted by atomic mass is 32.2. The zero-order valence-electron chi connectivity index (χ0n) is 19.4. The van der Waals surface area contributed by atoms with E-state index in [1.54, 1.807) is 30.3 Å². The highest BCUT2D eigenvalue weighted by Crippen LogP contribution is 2.25. The van der Waals surface area contributed by atoms with Crippen LogP contribution in [0.4, 0.5) is 5.69 Å². The maximum absolute atomic E-state index is 13.0. The molecule has 0 aliphatic carbocycles. The molecule has 0 aliphatic heterocycles. The molecule has 3 aromatic rings. The van der Waals surface area contributed by atoms with Gasteiger partial charge in [0.1, 0.15) is 5.75 Å². The molecule has 0 saturated heterocycles. The number of esters is 1. The van der Waals surface area contributed by atoms with Crippen LogP contribution in [0, 0.1) is 13.8 Å². The molecule has 0 fully saturated rings. The number of carbonyl (C=O) groups excluding carboxylic acids is 2. The zero-order valence-corrected chi connectivity index (χ0v) is 20.3. The minimum Gasteiger partial charge on any atom is -0.426 e. The van der Waals surface area contributed by atoms with E-state index in [1.807, 2.05) is 44.2 Å². The van der Waals surface area contributed by atoms with Gasteiger partial charge in [0.2, 0.25) is 5.91 Å². The Kier molecular flexibility index (Phi) is 8.07. The van der Waals surface area contributed by atoms with Gasteiger partial charge in [-0.2, -0.15) is 0 Å². The first-order valence-corrected chi connectivity index (χ1v) is 12.3. The van der Waals surface area contributed by atoms with E-state index in [4.69, 9.17) is 4.74 Å². The molecule has 0 radical (unpaired) electrons. The molecule has 0 spiro atoms. The average molecular weight is 481 g/mol. The maximum Gasteiger partial charge on any atom is 0.312 e. The van der Waals surface area contributed by atoms with Crippen molar-refractivity contribution in [3.05, 3.63) is 89.5 Å². The van der Waals surface area contributed by atoms with Crippen molar-refractivity contribution in [2.75, 3.05) is 17.9 Å². The topological polar surface area (TPSA) is 92.8 Å². The fraction of sp³-hybridized carbons (Fsp3) is 0.231. The van der Waals surface area contributed by atoms with Crippen molar-refractivity contribution in [2.24, 2.45) is 0 Å². The molecule has 7 nitrogen and oxygen atoms in total. The third-order valence-electron chi connectivity index (χ3n) is 5.43. The number of amides is 1. The molecular formula is C26H28N2O5S. The zero-order chi connectivity index (χ0) is 24.7. The van der Waals surface area contributed by atoms with Gasteiger partial charge < -0.3 is 10.1 Å². The third kappa shape index (κ3) is 6.45. The SMILES string of the molecule is Cc1ccc(S(=O)(=O)N(C)c2ccc(OC(=O)CCNC(=O)Cc3ccccc3)cc2)cc1C. The van der Waals surface area contributed by atoms with Crippen molar-refractivity contribution >= 4 is 27.6 Å². The molecule has 0 atom stereocenters. The summed E-state index contributed by atoms with van der Waals surface area (Å²) in [6.45, 7) is 3.96. The van der Waals surface area contributed by atoms with E-state index in [0.29, 0.717) is 11.4 Å². The number of rotatable bonds is 9. The fourth-order valence-electron chi connectivity index (χ4n) is 3.23. The van der Waals surface area contributed by atoms with Gasteiger partial charge in [0, 0.05) is 13.6 Å². The summed E-state index contributed by atoms with van der Waals surface area (Å²) in [4.78, 5) is 24.3. The van der Waals surface area contributed by atoms with Crippen LogP contribution in [0.3, 0.4) is 0 Å². The van der Waals surface area contributed by atoms with E-state index in [2.05, 4.69) is 5.32 Å². The average Bonchev–Trinajstić information content (AvgIpc) is 2.81. The molecule has 3 aromatic carbocycles. The van der Waals surface area contributed by atoms with Crippen LogP contribution in [0.1, 0.15) is 23.1 Å². The van der Waals surface area contributed by atoms with Gasteiger partial charge in [-0.1, -0.05) is 36.4 Å². The second-order valence-corrected chi connectivity index (χ2v) is 9.92. The number of hydrogen-bond acceptors (Lipinski definition) is 5. The summed E-state index contributed by atoms with van der Waals surface area (Å²) < 4.78 is 32.4.